The Labute approximate surface area is 172 Å². The summed E-state index contributed by atoms with van der Waals surface area (Å²) in [6.07, 6.45) is -0.814. The zero-order chi connectivity index (χ0) is 20.9. The van der Waals surface area contributed by atoms with E-state index in [0.717, 1.165) is 23.7 Å². The summed E-state index contributed by atoms with van der Waals surface area (Å²) in [7, 11) is 0. The van der Waals surface area contributed by atoms with Gasteiger partial charge in [-0.25, -0.2) is 4.98 Å². The molecule has 1 aromatic heterocycles. The lowest BCUT2D eigenvalue weighted by atomic mass is 10.2. The van der Waals surface area contributed by atoms with Crippen LogP contribution in [0.25, 0.3) is 5.69 Å². The van der Waals surface area contributed by atoms with Gasteiger partial charge in [-0.3, -0.25) is 9.36 Å². The molecular weight excluding hydrogens is 414 g/mol. The fourth-order valence-corrected chi connectivity index (χ4v) is 3.41. The quantitative estimate of drug-likeness (QED) is 0.491. The molecule has 4 nitrogen and oxygen atoms in total. The summed E-state index contributed by atoms with van der Waals surface area (Å²) in [6.45, 7) is 4.67. The van der Waals surface area contributed by atoms with Crippen molar-refractivity contribution in [2.45, 2.75) is 45.7 Å². The molecule has 0 spiro atoms. The Morgan fingerprint density at radius 2 is 1.64 bits per heavy atom. The monoisotopic (exact) mass is 435 g/mol. The minimum Gasteiger partial charge on any atom is -0.337 e. The van der Waals surface area contributed by atoms with Gasteiger partial charge in [-0.1, -0.05) is 56.0 Å². The molecule has 1 heterocycles. The summed E-state index contributed by atoms with van der Waals surface area (Å²) in [6, 6.07) is 4.39. The van der Waals surface area contributed by atoms with Gasteiger partial charge in [0, 0.05) is 13.1 Å². The van der Waals surface area contributed by atoms with Gasteiger partial charge in [-0.05, 0) is 25.0 Å². The van der Waals surface area contributed by atoms with Crippen LogP contribution in [-0.2, 0) is 6.18 Å². The van der Waals surface area contributed by atoms with Crippen LogP contribution in [-0.4, -0.2) is 33.4 Å². The number of imidazole rings is 1. The number of benzene rings is 1. The van der Waals surface area contributed by atoms with E-state index in [1.807, 2.05) is 13.8 Å². The van der Waals surface area contributed by atoms with E-state index in [9.17, 15) is 18.0 Å². The van der Waals surface area contributed by atoms with Crippen molar-refractivity contribution >= 4 is 29.1 Å². The highest BCUT2D eigenvalue weighted by molar-refractivity contribution is 6.37. The highest BCUT2D eigenvalue weighted by Gasteiger charge is 2.42. The van der Waals surface area contributed by atoms with Crippen LogP contribution in [0.4, 0.5) is 13.2 Å². The number of amides is 1. The maximum absolute atomic E-state index is 13.9. The maximum Gasteiger partial charge on any atom is 0.434 e. The largest absolute Gasteiger partial charge is 0.434 e. The van der Waals surface area contributed by atoms with E-state index in [-0.39, 0.29) is 15.7 Å². The molecule has 0 aliphatic carbocycles. The molecule has 0 unspecified atom stereocenters. The van der Waals surface area contributed by atoms with Crippen molar-refractivity contribution < 1.29 is 18.0 Å². The van der Waals surface area contributed by atoms with Crippen LogP contribution in [0.1, 0.15) is 55.7 Å². The number of carbonyl (C=O) groups excluding carboxylic acids is 1. The Hall–Kier alpha value is -1.73. The van der Waals surface area contributed by atoms with Crippen molar-refractivity contribution in [2.24, 2.45) is 0 Å². The average molecular weight is 436 g/mol. The normalized spacial score (nSPS) is 11.7. The molecule has 0 aliphatic heterocycles. The lowest BCUT2D eigenvalue weighted by Crippen LogP contribution is -2.34. The standard InChI is InChI=1S/C19H22Cl2F3N3O/c1-3-5-10-26(11-6-4-2)18(28)15-17(19(22,23)24)27(12-25-15)16-13(20)8-7-9-14(16)21/h7-9,12H,3-6,10-11H2,1-2H3. The van der Waals surface area contributed by atoms with Gasteiger partial charge in [0.15, 0.2) is 11.4 Å². The van der Waals surface area contributed by atoms with Crippen molar-refractivity contribution in [3.05, 3.63) is 46.0 Å². The van der Waals surface area contributed by atoms with Gasteiger partial charge in [0.05, 0.1) is 15.7 Å². The first-order valence-corrected chi connectivity index (χ1v) is 9.86. The van der Waals surface area contributed by atoms with Gasteiger partial charge in [0.25, 0.3) is 5.91 Å². The first-order chi connectivity index (χ1) is 13.2. The van der Waals surface area contributed by atoms with Crippen LogP contribution in [0.2, 0.25) is 10.0 Å². The number of nitrogens with zero attached hydrogens (tertiary/aromatic N) is 3. The number of para-hydroxylation sites is 1. The molecular formula is C19H22Cl2F3N3O. The van der Waals surface area contributed by atoms with Gasteiger partial charge in [0.2, 0.25) is 0 Å². The van der Waals surface area contributed by atoms with Gasteiger partial charge in [0.1, 0.15) is 6.33 Å². The fraction of sp³-hybridized carbons (Fsp3) is 0.474. The van der Waals surface area contributed by atoms with Gasteiger partial charge >= 0.3 is 6.18 Å². The topological polar surface area (TPSA) is 38.1 Å². The fourth-order valence-electron chi connectivity index (χ4n) is 2.83. The number of aromatic nitrogens is 2. The van der Waals surface area contributed by atoms with Crippen molar-refractivity contribution in [3.8, 4) is 5.69 Å². The molecule has 0 atom stereocenters. The van der Waals surface area contributed by atoms with Crippen molar-refractivity contribution in [2.75, 3.05) is 13.1 Å². The highest BCUT2D eigenvalue weighted by atomic mass is 35.5. The zero-order valence-electron chi connectivity index (χ0n) is 15.7. The molecule has 0 bridgehead atoms. The highest BCUT2D eigenvalue weighted by Crippen LogP contribution is 2.37. The molecule has 1 aromatic carbocycles. The molecule has 0 fully saturated rings. The number of hydrogen-bond donors (Lipinski definition) is 0. The Morgan fingerprint density at radius 1 is 1.11 bits per heavy atom. The predicted molar refractivity (Wildman–Crippen MR) is 104 cm³/mol. The van der Waals surface area contributed by atoms with Crippen molar-refractivity contribution in [3.63, 3.8) is 0 Å². The van der Waals surface area contributed by atoms with Crippen LogP contribution in [0.3, 0.4) is 0 Å². The van der Waals surface area contributed by atoms with E-state index in [0.29, 0.717) is 25.9 Å². The number of unbranched alkanes of at least 4 members (excludes halogenated alkanes) is 2. The van der Waals surface area contributed by atoms with E-state index in [2.05, 4.69) is 4.98 Å². The molecule has 9 heteroatoms. The third-order valence-electron chi connectivity index (χ3n) is 4.27. The molecule has 0 aliphatic rings. The lowest BCUT2D eigenvalue weighted by Gasteiger charge is -2.23. The molecule has 2 rings (SSSR count). The minimum atomic E-state index is -4.81. The number of carbonyl (C=O) groups is 1. The molecule has 2 aromatic rings. The van der Waals surface area contributed by atoms with E-state index in [1.165, 1.54) is 23.1 Å². The van der Waals surface area contributed by atoms with E-state index in [1.54, 1.807) is 0 Å². The van der Waals surface area contributed by atoms with Crippen molar-refractivity contribution in [1.29, 1.82) is 0 Å². The van der Waals surface area contributed by atoms with Crippen LogP contribution in [0.5, 0.6) is 0 Å². The summed E-state index contributed by atoms with van der Waals surface area (Å²) >= 11 is 12.2. The smallest absolute Gasteiger partial charge is 0.337 e. The van der Waals surface area contributed by atoms with Crippen LogP contribution in [0.15, 0.2) is 24.5 Å². The lowest BCUT2D eigenvalue weighted by molar-refractivity contribution is -0.142. The second kappa shape index (κ2) is 9.65. The molecule has 28 heavy (non-hydrogen) atoms. The third-order valence-corrected chi connectivity index (χ3v) is 4.88. The summed E-state index contributed by atoms with van der Waals surface area (Å²) in [5.74, 6) is -0.740. The first-order valence-electron chi connectivity index (χ1n) is 9.10. The Bertz CT molecular complexity index is 793. The molecule has 154 valence electrons. The Morgan fingerprint density at radius 3 is 2.11 bits per heavy atom. The molecule has 1 amide bonds. The Balaban J connectivity index is 2.56. The number of halogens is 5. The molecule has 0 saturated carbocycles. The zero-order valence-corrected chi connectivity index (χ0v) is 17.2. The average Bonchev–Trinajstić information content (AvgIpc) is 3.06. The summed E-state index contributed by atoms with van der Waals surface area (Å²) < 4.78 is 42.4. The van der Waals surface area contributed by atoms with E-state index < -0.39 is 23.5 Å². The predicted octanol–water partition coefficient (Wildman–Crippen LogP) is 6.24. The minimum absolute atomic E-state index is 0.0308. The van der Waals surface area contributed by atoms with Crippen LogP contribution in [0, 0.1) is 0 Å². The Kier molecular flexibility index (Phi) is 7.78. The SMILES string of the molecule is CCCCN(CCCC)C(=O)c1ncn(-c2c(Cl)cccc2Cl)c1C(F)(F)F. The maximum atomic E-state index is 13.9. The van der Waals surface area contributed by atoms with E-state index in [4.69, 9.17) is 23.2 Å². The molecule has 0 radical (unpaired) electrons. The number of hydrogen-bond acceptors (Lipinski definition) is 2. The summed E-state index contributed by atoms with van der Waals surface area (Å²) in [5.41, 5.74) is -1.88. The summed E-state index contributed by atoms with van der Waals surface area (Å²) in [5, 5.41) is 0.0615. The second-order valence-electron chi connectivity index (χ2n) is 6.38. The molecule has 0 saturated heterocycles. The number of rotatable bonds is 8. The van der Waals surface area contributed by atoms with Gasteiger partial charge in [-0.2, -0.15) is 13.2 Å². The third kappa shape index (κ3) is 5.00. The van der Waals surface area contributed by atoms with Gasteiger partial charge in [-0.15, -0.1) is 0 Å². The van der Waals surface area contributed by atoms with Crippen LogP contribution >= 0.6 is 23.2 Å². The molecule has 0 N–H and O–H groups in total. The van der Waals surface area contributed by atoms with Gasteiger partial charge < -0.3 is 4.90 Å². The summed E-state index contributed by atoms with van der Waals surface area (Å²) in [4.78, 5) is 18.2. The second-order valence-corrected chi connectivity index (χ2v) is 7.19. The number of alkyl halides is 3. The van der Waals surface area contributed by atoms with Crippen molar-refractivity contribution in [1.82, 2.24) is 14.5 Å². The van der Waals surface area contributed by atoms with E-state index >= 15 is 0 Å². The van der Waals surface area contributed by atoms with Crippen LogP contribution < -0.4 is 0 Å². The first kappa shape index (κ1) is 22.6.